The van der Waals surface area contributed by atoms with E-state index in [-0.39, 0.29) is 23.3 Å². The lowest BCUT2D eigenvalue weighted by atomic mass is 9.76. The van der Waals surface area contributed by atoms with Crippen LogP contribution in [-0.4, -0.2) is 40.0 Å². The predicted molar refractivity (Wildman–Crippen MR) is 87.9 cm³/mol. The number of hydrogen-bond donors (Lipinski definition) is 0. The fourth-order valence-electron chi connectivity index (χ4n) is 3.62. The van der Waals surface area contributed by atoms with Gasteiger partial charge in [-0.15, -0.1) is 0 Å². The number of nitro groups is 1. The van der Waals surface area contributed by atoms with Gasteiger partial charge in [0.05, 0.1) is 12.0 Å². The zero-order valence-corrected chi connectivity index (χ0v) is 14.6. The maximum atomic E-state index is 12.4. The van der Waals surface area contributed by atoms with Gasteiger partial charge in [-0.25, -0.2) is 9.69 Å². The minimum absolute atomic E-state index is 0.148. The number of carbonyl (C=O) groups is 2. The topological polar surface area (TPSA) is 89.8 Å². The third-order valence-corrected chi connectivity index (χ3v) is 4.62. The first kappa shape index (κ1) is 18.4. The van der Waals surface area contributed by atoms with Gasteiger partial charge in [0.2, 0.25) is 6.54 Å². The highest BCUT2D eigenvalue weighted by atomic mass is 16.6. The van der Waals surface area contributed by atoms with E-state index in [1.54, 1.807) is 26.8 Å². The van der Waals surface area contributed by atoms with E-state index in [2.05, 4.69) is 0 Å². The smallest absolute Gasteiger partial charge is 0.417 e. The first-order valence-electron chi connectivity index (χ1n) is 8.55. The second-order valence-electron chi connectivity index (χ2n) is 7.62. The molecular weight excluding hydrogens is 312 g/mol. The molecule has 1 aliphatic carbocycles. The number of rotatable bonds is 4. The molecule has 0 saturated heterocycles. The van der Waals surface area contributed by atoms with E-state index in [1.807, 2.05) is 0 Å². The maximum absolute atomic E-state index is 12.4. The molecule has 2 amide bonds. The highest BCUT2D eigenvalue weighted by molar-refractivity contribution is 6.01. The van der Waals surface area contributed by atoms with Crippen molar-refractivity contribution < 1.29 is 19.2 Å². The van der Waals surface area contributed by atoms with E-state index in [1.165, 1.54) is 6.08 Å². The van der Waals surface area contributed by atoms with E-state index >= 15 is 0 Å². The van der Waals surface area contributed by atoms with Crippen LogP contribution in [0, 0.1) is 22.0 Å². The van der Waals surface area contributed by atoms with Crippen LogP contribution in [0.4, 0.5) is 4.79 Å². The van der Waals surface area contributed by atoms with Crippen LogP contribution in [0.15, 0.2) is 12.2 Å². The Bertz CT molecular complexity index is 532. The lowest BCUT2D eigenvalue weighted by molar-refractivity contribution is -0.491. The quantitative estimate of drug-likeness (QED) is 0.580. The van der Waals surface area contributed by atoms with Gasteiger partial charge in [0, 0.05) is 11.0 Å². The van der Waals surface area contributed by atoms with Crippen LogP contribution in [-0.2, 0) is 9.53 Å². The highest BCUT2D eigenvalue weighted by Crippen LogP contribution is 2.36. The van der Waals surface area contributed by atoms with Crippen molar-refractivity contribution in [1.29, 1.82) is 0 Å². The summed E-state index contributed by atoms with van der Waals surface area (Å²) in [5.74, 6) is -0.677. The van der Waals surface area contributed by atoms with Crippen LogP contribution in [0.2, 0.25) is 0 Å². The van der Waals surface area contributed by atoms with Crippen LogP contribution in [0.25, 0.3) is 0 Å². The van der Waals surface area contributed by atoms with Crippen LogP contribution >= 0.6 is 0 Å². The van der Waals surface area contributed by atoms with Gasteiger partial charge in [0.1, 0.15) is 5.60 Å². The van der Waals surface area contributed by atoms with Gasteiger partial charge in [-0.2, -0.15) is 0 Å². The summed E-state index contributed by atoms with van der Waals surface area (Å²) < 4.78 is 5.32. The first-order valence-corrected chi connectivity index (χ1v) is 8.55. The molecule has 1 saturated carbocycles. The Kier molecular flexibility index (Phi) is 5.62. The molecule has 0 spiro atoms. The van der Waals surface area contributed by atoms with E-state index in [4.69, 9.17) is 4.74 Å². The molecule has 0 radical (unpaired) electrons. The molecule has 7 heteroatoms. The average molecular weight is 338 g/mol. The number of hydrogen-bond acceptors (Lipinski definition) is 5. The Morgan fingerprint density at radius 3 is 2.54 bits per heavy atom. The molecule has 0 unspecified atom stereocenters. The molecule has 2 atom stereocenters. The summed E-state index contributed by atoms with van der Waals surface area (Å²) in [5, 5.41) is 11.2. The van der Waals surface area contributed by atoms with Crippen molar-refractivity contribution >= 4 is 12.0 Å². The van der Waals surface area contributed by atoms with Gasteiger partial charge in [0.15, 0.2) is 0 Å². The number of nitrogens with zero attached hydrogens (tertiary/aromatic N) is 2. The number of imide groups is 1. The summed E-state index contributed by atoms with van der Waals surface area (Å²) in [6.45, 7) is 4.93. The second kappa shape index (κ2) is 7.32. The summed E-state index contributed by atoms with van der Waals surface area (Å²) in [6.07, 6.45) is 7.23. The van der Waals surface area contributed by atoms with Crippen molar-refractivity contribution in [3.63, 3.8) is 0 Å². The molecule has 2 rings (SSSR count). The molecule has 24 heavy (non-hydrogen) atoms. The minimum Gasteiger partial charge on any atom is -0.443 e. The molecule has 0 aromatic rings. The Hall–Kier alpha value is -1.92. The molecule has 1 aliphatic heterocycles. The zero-order chi connectivity index (χ0) is 17.9. The first-order chi connectivity index (χ1) is 11.2. The Morgan fingerprint density at radius 2 is 2.00 bits per heavy atom. The zero-order valence-electron chi connectivity index (χ0n) is 14.6. The van der Waals surface area contributed by atoms with Crippen molar-refractivity contribution in [3.05, 3.63) is 22.3 Å². The summed E-state index contributed by atoms with van der Waals surface area (Å²) in [6, 6.07) is -0.596. The molecule has 0 N–H and O–H groups in total. The van der Waals surface area contributed by atoms with Gasteiger partial charge in [-0.05, 0) is 39.5 Å². The van der Waals surface area contributed by atoms with Crippen molar-refractivity contribution in [2.24, 2.45) is 11.8 Å². The van der Waals surface area contributed by atoms with Gasteiger partial charge >= 0.3 is 6.09 Å². The van der Waals surface area contributed by atoms with Crippen molar-refractivity contribution in [1.82, 2.24) is 4.90 Å². The van der Waals surface area contributed by atoms with Crippen molar-refractivity contribution in [2.45, 2.75) is 64.5 Å². The third kappa shape index (κ3) is 4.55. The maximum Gasteiger partial charge on any atom is 0.417 e. The second-order valence-corrected chi connectivity index (χ2v) is 7.62. The predicted octanol–water partition coefficient (Wildman–Crippen LogP) is 3.16. The molecule has 7 nitrogen and oxygen atoms in total. The Labute approximate surface area is 142 Å². The van der Waals surface area contributed by atoms with Crippen LogP contribution in [0.1, 0.15) is 52.9 Å². The number of carbonyl (C=O) groups excluding carboxylic acids is 2. The normalized spacial score (nSPS) is 23.4. The standard InChI is InChI=1S/C17H26N2O5/c1-17(2,3)24-16(21)19-14(9-10-15(19)20)13(11-18(22)23)12-7-5-4-6-8-12/h9-10,12-14H,4-8,11H2,1-3H3/t13-,14+/m0/s1. The molecule has 0 aromatic heterocycles. The molecular formula is C17H26N2O5. The largest absolute Gasteiger partial charge is 0.443 e. The summed E-state index contributed by atoms with van der Waals surface area (Å²) >= 11 is 0. The molecule has 134 valence electrons. The number of amides is 2. The van der Waals surface area contributed by atoms with Crippen molar-refractivity contribution in [3.8, 4) is 0 Å². The van der Waals surface area contributed by atoms with Crippen molar-refractivity contribution in [2.75, 3.05) is 6.54 Å². The van der Waals surface area contributed by atoms with Gasteiger partial charge < -0.3 is 4.74 Å². The summed E-state index contributed by atoms with van der Waals surface area (Å²) in [7, 11) is 0. The minimum atomic E-state index is -0.730. The summed E-state index contributed by atoms with van der Waals surface area (Å²) in [4.78, 5) is 36.4. The van der Waals surface area contributed by atoms with Gasteiger partial charge in [-0.1, -0.05) is 25.3 Å². The van der Waals surface area contributed by atoms with E-state index in [0.717, 1.165) is 37.0 Å². The molecule has 2 aliphatic rings. The monoisotopic (exact) mass is 338 g/mol. The average Bonchev–Trinajstić information content (AvgIpc) is 2.85. The Morgan fingerprint density at radius 1 is 1.38 bits per heavy atom. The van der Waals surface area contributed by atoms with E-state index < -0.39 is 23.6 Å². The molecule has 1 fully saturated rings. The summed E-state index contributed by atoms with van der Waals surface area (Å²) in [5.41, 5.74) is -0.728. The SMILES string of the molecule is CC(C)(C)OC(=O)N1C(=O)C=C[C@@H]1[C@@H](C[N+](=O)[O-])C1CCCCC1. The van der Waals surface area contributed by atoms with Crippen LogP contribution in [0.5, 0.6) is 0 Å². The fourth-order valence-corrected chi connectivity index (χ4v) is 3.62. The van der Waals surface area contributed by atoms with E-state index in [0.29, 0.717) is 0 Å². The Balaban J connectivity index is 2.22. The molecule has 0 aromatic carbocycles. The highest BCUT2D eigenvalue weighted by Gasteiger charge is 2.44. The van der Waals surface area contributed by atoms with Gasteiger partial charge in [-0.3, -0.25) is 14.9 Å². The van der Waals surface area contributed by atoms with Crippen LogP contribution in [0.3, 0.4) is 0 Å². The lowest BCUT2D eigenvalue weighted by Gasteiger charge is -2.35. The van der Waals surface area contributed by atoms with Gasteiger partial charge in [0.25, 0.3) is 5.91 Å². The fraction of sp³-hybridized carbons (Fsp3) is 0.765. The molecule has 1 heterocycles. The lowest BCUT2D eigenvalue weighted by Crippen LogP contribution is -2.49. The molecule has 0 bridgehead atoms. The third-order valence-electron chi connectivity index (χ3n) is 4.62. The van der Waals surface area contributed by atoms with E-state index in [9.17, 15) is 19.7 Å². The van der Waals surface area contributed by atoms with Crippen LogP contribution < -0.4 is 0 Å². The number of ether oxygens (including phenoxy) is 1.